The first-order chi connectivity index (χ1) is 7.18. The molecule has 0 bridgehead atoms. The van der Waals surface area contributed by atoms with Gasteiger partial charge in [0.25, 0.3) is 0 Å². The van der Waals surface area contributed by atoms with E-state index in [0.717, 1.165) is 13.0 Å². The van der Waals surface area contributed by atoms with E-state index in [1.165, 1.54) is 17.1 Å². The SMILES string of the molecule is Cc1ccc(C)n1CCc1ccnn1C. The van der Waals surface area contributed by atoms with Crippen LogP contribution >= 0.6 is 0 Å². The van der Waals surface area contributed by atoms with Gasteiger partial charge in [0.2, 0.25) is 0 Å². The summed E-state index contributed by atoms with van der Waals surface area (Å²) >= 11 is 0. The molecule has 2 aromatic heterocycles. The largest absolute Gasteiger partial charge is 0.349 e. The molecule has 0 saturated carbocycles. The molecule has 2 rings (SSSR count). The molecule has 15 heavy (non-hydrogen) atoms. The number of aryl methyl sites for hydroxylation is 4. The van der Waals surface area contributed by atoms with Gasteiger partial charge in [-0.2, -0.15) is 5.10 Å². The highest BCUT2D eigenvalue weighted by Gasteiger charge is 2.03. The first kappa shape index (κ1) is 10.0. The normalized spacial score (nSPS) is 10.9. The van der Waals surface area contributed by atoms with E-state index in [4.69, 9.17) is 0 Å². The molecule has 2 aromatic rings. The average Bonchev–Trinajstić information content (AvgIpc) is 2.73. The maximum atomic E-state index is 4.17. The van der Waals surface area contributed by atoms with Crippen molar-refractivity contribution in [2.24, 2.45) is 7.05 Å². The van der Waals surface area contributed by atoms with E-state index >= 15 is 0 Å². The Bertz CT molecular complexity index is 432. The number of hydrogen-bond acceptors (Lipinski definition) is 1. The van der Waals surface area contributed by atoms with Crippen LogP contribution in [0.3, 0.4) is 0 Å². The summed E-state index contributed by atoms with van der Waals surface area (Å²) in [7, 11) is 1.99. The van der Waals surface area contributed by atoms with Crippen molar-refractivity contribution in [1.29, 1.82) is 0 Å². The lowest BCUT2D eigenvalue weighted by Crippen LogP contribution is -2.07. The molecular formula is C12H17N3. The maximum absolute atomic E-state index is 4.17. The van der Waals surface area contributed by atoms with E-state index in [9.17, 15) is 0 Å². The van der Waals surface area contributed by atoms with Gasteiger partial charge in [0.15, 0.2) is 0 Å². The van der Waals surface area contributed by atoms with Crippen molar-refractivity contribution in [2.45, 2.75) is 26.8 Å². The second kappa shape index (κ2) is 3.93. The van der Waals surface area contributed by atoms with Gasteiger partial charge in [-0.3, -0.25) is 4.68 Å². The molecule has 3 nitrogen and oxygen atoms in total. The Morgan fingerprint density at radius 1 is 1.13 bits per heavy atom. The Morgan fingerprint density at radius 3 is 2.33 bits per heavy atom. The highest BCUT2D eigenvalue weighted by atomic mass is 15.3. The number of rotatable bonds is 3. The fourth-order valence-corrected chi connectivity index (χ4v) is 1.92. The topological polar surface area (TPSA) is 22.8 Å². The van der Waals surface area contributed by atoms with Gasteiger partial charge < -0.3 is 4.57 Å². The summed E-state index contributed by atoms with van der Waals surface area (Å²) in [5.74, 6) is 0. The predicted molar refractivity (Wildman–Crippen MR) is 60.8 cm³/mol. The van der Waals surface area contributed by atoms with E-state index in [1.807, 2.05) is 17.9 Å². The van der Waals surface area contributed by atoms with Gasteiger partial charge in [0, 0.05) is 43.3 Å². The van der Waals surface area contributed by atoms with Crippen molar-refractivity contribution in [1.82, 2.24) is 14.3 Å². The van der Waals surface area contributed by atoms with Gasteiger partial charge in [-0.05, 0) is 32.0 Å². The minimum atomic E-state index is 1.03. The molecule has 0 fully saturated rings. The standard InChI is InChI=1S/C12H17N3/c1-10-4-5-11(2)15(10)9-7-12-6-8-13-14(12)3/h4-6,8H,7,9H2,1-3H3. The van der Waals surface area contributed by atoms with E-state index < -0.39 is 0 Å². The molecular weight excluding hydrogens is 186 g/mol. The molecule has 0 unspecified atom stereocenters. The highest BCUT2D eigenvalue weighted by molar-refractivity contribution is 5.14. The van der Waals surface area contributed by atoms with Crippen molar-refractivity contribution < 1.29 is 0 Å². The molecule has 0 amide bonds. The van der Waals surface area contributed by atoms with Gasteiger partial charge in [-0.15, -0.1) is 0 Å². The number of aromatic nitrogens is 3. The Balaban J connectivity index is 2.08. The fourth-order valence-electron chi connectivity index (χ4n) is 1.92. The van der Waals surface area contributed by atoms with Crippen LogP contribution in [0.4, 0.5) is 0 Å². The van der Waals surface area contributed by atoms with Crippen LogP contribution in [-0.2, 0) is 20.0 Å². The second-order valence-corrected chi connectivity index (χ2v) is 3.96. The van der Waals surface area contributed by atoms with Crippen molar-refractivity contribution in [2.75, 3.05) is 0 Å². The molecule has 0 aliphatic carbocycles. The van der Waals surface area contributed by atoms with Crippen molar-refractivity contribution in [3.05, 3.63) is 41.5 Å². The summed E-state index contributed by atoms with van der Waals surface area (Å²) in [4.78, 5) is 0. The molecule has 0 radical (unpaired) electrons. The molecule has 0 aliphatic rings. The van der Waals surface area contributed by atoms with Crippen LogP contribution in [0.5, 0.6) is 0 Å². The third kappa shape index (κ3) is 1.96. The van der Waals surface area contributed by atoms with Crippen molar-refractivity contribution >= 4 is 0 Å². The lowest BCUT2D eigenvalue weighted by atomic mass is 10.3. The Kier molecular flexibility index (Phi) is 2.62. The third-order valence-electron chi connectivity index (χ3n) is 2.93. The molecule has 0 spiro atoms. The minimum absolute atomic E-state index is 1.03. The van der Waals surface area contributed by atoms with Gasteiger partial charge in [0.1, 0.15) is 0 Å². The van der Waals surface area contributed by atoms with Crippen LogP contribution in [-0.4, -0.2) is 14.3 Å². The zero-order chi connectivity index (χ0) is 10.8. The maximum Gasteiger partial charge on any atom is 0.0492 e. The van der Waals surface area contributed by atoms with Crippen LogP contribution in [0.1, 0.15) is 17.1 Å². The Morgan fingerprint density at radius 2 is 1.80 bits per heavy atom. The third-order valence-corrected chi connectivity index (χ3v) is 2.93. The molecule has 80 valence electrons. The van der Waals surface area contributed by atoms with Gasteiger partial charge in [-0.1, -0.05) is 0 Å². The molecule has 0 N–H and O–H groups in total. The first-order valence-corrected chi connectivity index (χ1v) is 5.28. The quantitative estimate of drug-likeness (QED) is 0.749. The average molecular weight is 203 g/mol. The van der Waals surface area contributed by atoms with Gasteiger partial charge in [-0.25, -0.2) is 0 Å². The van der Waals surface area contributed by atoms with Crippen LogP contribution < -0.4 is 0 Å². The zero-order valence-electron chi connectivity index (χ0n) is 9.57. The molecule has 0 aromatic carbocycles. The zero-order valence-corrected chi connectivity index (χ0v) is 9.57. The van der Waals surface area contributed by atoms with E-state index in [2.05, 4.69) is 41.7 Å². The van der Waals surface area contributed by atoms with Crippen LogP contribution in [0.25, 0.3) is 0 Å². The van der Waals surface area contributed by atoms with Crippen LogP contribution in [0.2, 0.25) is 0 Å². The van der Waals surface area contributed by atoms with E-state index in [-0.39, 0.29) is 0 Å². The summed E-state index contributed by atoms with van der Waals surface area (Å²) < 4.78 is 4.28. The monoisotopic (exact) mass is 203 g/mol. The lowest BCUT2D eigenvalue weighted by molar-refractivity contribution is 0.619. The van der Waals surface area contributed by atoms with Gasteiger partial charge >= 0.3 is 0 Å². The lowest BCUT2D eigenvalue weighted by Gasteiger charge is -2.09. The summed E-state index contributed by atoms with van der Waals surface area (Å²) in [6.45, 7) is 5.33. The minimum Gasteiger partial charge on any atom is -0.349 e. The first-order valence-electron chi connectivity index (χ1n) is 5.28. The summed E-state index contributed by atoms with van der Waals surface area (Å²) in [5.41, 5.74) is 3.94. The Labute approximate surface area is 90.3 Å². The molecule has 3 heteroatoms. The van der Waals surface area contributed by atoms with Crippen molar-refractivity contribution in [3.63, 3.8) is 0 Å². The molecule has 2 heterocycles. The van der Waals surface area contributed by atoms with E-state index in [1.54, 1.807) is 0 Å². The predicted octanol–water partition coefficient (Wildman–Crippen LogP) is 2.08. The molecule has 0 saturated heterocycles. The number of hydrogen-bond donors (Lipinski definition) is 0. The summed E-state index contributed by atoms with van der Waals surface area (Å²) in [5, 5.41) is 4.17. The Hall–Kier alpha value is -1.51. The summed E-state index contributed by atoms with van der Waals surface area (Å²) in [6.07, 6.45) is 2.89. The molecule has 0 atom stereocenters. The van der Waals surface area contributed by atoms with Gasteiger partial charge in [0.05, 0.1) is 0 Å². The van der Waals surface area contributed by atoms with Crippen LogP contribution in [0.15, 0.2) is 24.4 Å². The second-order valence-electron chi connectivity index (χ2n) is 3.96. The number of nitrogens with zero attached hydrogens (tertiary/aromatic N) is 3. The highest BCUT2D eigenvalue weighted by Crippen LogP contribution is 2.09. The van der Waals surface area contributed by atoms with Crippen LogP contribution in [0, 0.1) is 13.8 Å². The fraction of sp³-hybridized carbons (Fsp3) is 0.417. The smallest absolute Gasteiger partial charge is 0.0492 e. The molecule has 0 aliphatic heterocycles. The van der Waals surface area contributed by atoms with E-state index in [0.29, 0.717) is 0 Å². The van der Waals surface area contributed by atoms with Crippen molar-refractivity contribution in [3.8, 4) is 0 Å². The summed E-state index contributed by atoms with van der Waals surface area (Å²) in [6, 6.07) is 6.41.